The molecule has 0 saturated heterocycles. The van der Waals surface area contributed by atoms with Crippen LogP contribution in [0.4, 0.5) is 5.82 Å². The number of amides is 1. The lowest BCUT2D eigenvalue weighted by Crippen LogP contribution is -2.21. The van der Waals surface area contributed by atoms with Gasteiger partial charge in [-0.05, 0) is 39.0 Å². The first-order chi connectivity index (χ1) is 11.9. The van der Waals surface area contributed by atoms with Crippen LogP contribution in [-0.4, -0.2) is 28.6 Å². The number of nitrogens with zero attached hydrogens (tertiary/aromatic N) is 2. The van der Waals surface area contributed by atoms with Crippen LogP contribution in [0.3, 0.4) is 0 Å². The lowest BCUT2D eigenvalue weighted by molar-refractivity contribution is -0.119. The molecule has 7 nitrogen and oxygen atoms in total. The molecule has 1 amide bonds. The number of rotatable bonds is 4. The van der Waals surface area contributed by atoms with E-state index in [0.717, 1.165) is 16.5 Å². The number of aryl methyl sites for hydroxylation is 3. The molecule has 0 atom stereocenters. The van der Waals surface area contributed by atoms with E-state index in [-0.39, 0.29) is 5.82 Å². The van der Waals surface area contributed by atoms with Crippen LogP contribution in [0.25, 0.3) is 10.9 Å². The number of carbonyl (C=O) groups is 2. The first-order valence-corrected chi connectivity index (χ1v) is 7.70. The molecule has 3 rings (SSSR count). The van der Waals surface area contributed by atoms with Gasteiger partial charge < -0.3 is 14.6 Å². The van der Waals surface area contributed by atoms with Gasteiger partial charge in [-0.25, -0.2) is 4.79 Å². The van der Waals surface area contributed by atoms with Crippen molar-refractivity contribution >= 4 is 28.6 Å². The topological polar surface area (TPSA) is 94.3 Å². The monoisotopic (exact) mass is 339 g/mol. The molecule has 0 aliphatic rings. The van der Waals surface area contributed by atoms with Crippen LogP contribution in [0.2, 0.25) is 0 Å². The van der Waals surface area contributed by atoms with Crippen molar-refractivity contribution in [2.75, 3.05) is 11.9 Å². The Kier molecular flexibility index (Phi) is 4.47. The highest BCUT2D eigenvalue weighted by molar-refractivity contribution is 5.97. The molecule has 1 aromatic carbocycles. The standard InChI is InChI=1S/C18H17N3O4/c1-10-4-5-15-13(6-10)8-14(12(3)19-15)18(23)24-9-17(22)20-16-7-11(2)25-21-16/h4-8H,9H2,1-3H3,(H,20,21,22). The molecule has 25 heavy (non-hydrogen) atoms. The van der Waals surface area contributed by atoms with Gasteiger partial charge in [-0.2, -0.15) is 0 Å². The number of hydrogen-bond donors (Lipinski definition) is 1. The summed E-state index contributed by atoms with van der Waals surface area (Å²) in [6, 6.07) is 9.10. The number of ether oxygens (including phenoxy) is 1. The first kappa shape index (κ1) is 16.6. The Labute approximate surface area is 144 Å². The number of nitrogens with one attached hydrogen (secondary N) is 1. The van der Waals surface area contributed by atoms with Crippen molar-refractivity contribution in [3.05, 3.63) is 52.9 Å². The van der Waals surface area contributed by atoms with Crippen LogP contribution in [0, 0.1) is 20.8 Å². The molecule has 0 aliphatic heterocycles. The van der Waals surface area contributed by atoms with E-state index < -0.39 is 18.5 Å². The lowest BCUT2D eigenvalue weighted by atomic mass is 10.1. The quantitative estimate of drug-likeness (QED) is 0.734. The highest BCUT2D eigenvalue weighted by atomic mass is 16.5. The maximum Gasteiger partial charge on any atom is 0.340 e. The predicted molar refractivity (Wildman–Crippen MR) is 91.4 cm³/mol. The van der Waals surface area contributed by atoms with Gasteiger partial charge in [0.15, 0.2) is 12.4 Å². The average Bonchev–Trinajstić information content (AvgIpc) is 2.97. The average molecular weight is 339 g/mol. The number of carbonyl (C=O) groups excluding carboxylic acids is 2. The minimum atomic E-state index is -0.597. The van der Waals surface area contributed by atoms with Gasteiger partial charge in [-0.3, -0.25) is 9.78 Å². The second-order valence-corrected chi connectivity index (χ2v) is 5.76. The molecular weight excluding hydrogens is 322 g/mol. The van der Waals surface area contributed by atoms with Crippen LogP contribution in [0.15, 0.2) is 34.9 Å². The van der Waals surface area contributed by atoms with E-state index in [2.05, 4.69) is 15.5 Å². The zero-order valence-corrected chi connectivity index (χ0v) is 14.1. The fourth-order valence-electron chi connectivity index (χ4n) is 2.41. The van der Waals surface area contributed by atoms with Gasteiger partial charge in [0.05, 0.1) is 16.8 Å². The Morgan fingerprint density at radius 3 is 2.68 bits per heavy atom. The molecular formula is C18H17N3O4. The molecule has 0 fully saturated rings. The van der Waals surface area contributed by atoms with Gasteiger partial charge in [-0.15, -0.1) is 0 Å². The molecule has 0 aliphatic carbocycles. The van der Waals surface area contributed by atoms with E-state index in [0.29, 0.717) is 17.0 Å². The van der Waals surface area contributed by atoms with E-state index in [1.54, 1.807) is 26.0 Å². The highest BCUT2D eigenvalue weighted by Crippen LogP contribution is 2.18. The van der Waals surface area contributed by atoms with Crippen LogP contribution in [0.1, 0.15) is 27.4 Å². The summed E-state index contributed by atoms with van der Waals surface area (Å²) in [5.41, 5.74) is 2.76. The smallest absolute Gasteiger partial charge is 0.340 e. The Bertz CT molecular complexity index is 962. The number of anilines is 1. The molecule has 0 spiro atoms. The molecule has 2 heterocycles. The largest absolute Gasteiger partial charge is 0.452 e. The van der Waals surface area contributed by atoms with Crippen molar-refractivity contribution in [3.8, 4) is 0 Å². The van der Waals surface area contributed by atoms with Gasteiger partial charge in [0.25, 0.3) is 5.91 Å². The lowest BCUT2D eigenvalue weighted by Gasteiger charge is -2.08. The Morgan fingerprint density at radius 2 is 1.96 bits per heavy atom. The summed E-state index contributed by atoms with van der Waals surface area (Å²) in [7, 11) is 0. The normalized spacial score (nSPS) is 10.7. The van der Waals surface area contributed by atoms with E-state index >= 15 is 0 Å². The van der Waals surface area contributed by atoms with Crippen LogP contribution >= 0.6 is 0 Å². The van der Waals surface area contributed by atoms with Crippen molar-refractivity contribution in [1.82, 2.24) is 10.1 Å². The molecule has 128 valence electrons. The molecule has 0 saturated carbocycles. The summed E-state index contributed by atoms with van der Waals surface area (Å²) in [6.45, 7) is 4.98. The third kappa shape index (κ3) is 3.82. The summed E-state index contributed by atoms with van der Waals surface area (Å²) in [4.78, 5) is 28.5. The van der Waals surface area contributed by atoms with Crippen LogP contribution in [0.5, 0.6) is 0 Å². The van der Waals surface area contributed by atoms with Crippen LogP contribution < -0.4 is 5.32 Å². The second kappa shape index (κ2) is 6.72. The number of benzene rings is 1. The number of esters is 1. The van der Waals surface area contributed by atoms with Crippen molar-refractivity contribution in [2.45, 2.75) is 20.8 Å². The maximum absolute atomic E-state index is 12.3. The molecule has 0 bridgehead atoms. The number of hydrogen-bond acceptors (Lipinski definition) is 6. The van der Waals surface area contributed by atoms with Gasteiger partial charge in [0, 0.05) is 11.5 Å². The Balaban J connectivity index is 1.69. The van der Waals surface area contributed by atoms with Crippen LogP contribution in [-0.2, 0) is 9.53 Å². The summed E-state index contributed by atoms with van der Waals surface area (Å²) >= 11 is 0. The zero-order chi connectivity index (χ0) is 18.0. The summed E-state index contributed by atoms with van der Waals surface area (Å²) in [6.07, 6.45) is 0. The van der Waals surface area contributed by atoms with Gasteiger partial charge in [0.2, 0.25) is 0 Å². The number of pyridine rings is 1. The van der Waals surface area contributed by atoms with Gasteiger partial charge in [0.1, 0.15) is 5.76 Å². The molecule has 2 aromatic heterocycles. The fourth-order valence-corrected chi connectivity index (χ4v) is 2.41. The van der Waals surface area contributed by atoms with Gasteiger partial charge >= 0.3 is 5.97 Å². The molecule has 0 radical (unpaired) electrons. The molecule has 1 N–H and O–H groups in total. The third-order valence-electron chi connectivity index (χ3n) is 3.61. The minimum absolute atomic E-state index is 0.276. The molecule has 3 aromatic rings. The Hall–Kier alpha value is -3.22. The molecule has 0 unspecified atom stereocenters. The van der Waals surface area contributed by atoms with Crippen molar-refractivity contribution < 1.29 is 18.8 Å². The van der Waals surface area contributed by atoms with Crippen molar-refractivity contribution in [3.63, 3.8) is 0 Å². The number of aromatic nitrogens is 2. The van der Waals surface area contributed by atoms with E-state index in [1.165, 1.54) is 0 Å². The molecule has 7 heteroatoms. The maximum atomic E-state index is 12.3. The third-order valence-corrected chi connectivity index (χ3v) is 3.61. The van der Waals surface area contributed by atoms with Crippen molar-refractivity contribution in [2.24, 2.45) is 0 Å². The SMILES string of the molecule is Cc1ccc2nc(C)c(C(=O)OCC(=O)Nc3cc(C)on3)cc2c1. The number of fused-ring (bicyclic) bond motifs is 1. The fraction of sp³-hybridized carbons (Fsp3) is 0.222. The zero-order valence-electron chi connectivity index (χ0n) is 14.1. The Morgan fingerprint density at radius 1 is 1.16 bits per heavy atom. The summed E-state index contributed by atoms with van der Waals surface area (Å²) in [5, 5.41) is 6.97. The summed E-state index contributed by atoms with van der Waals surface area (Å²) < 4.78 is 9.93. The van der Waals surface area contributed by atoms with E-state index in [4.69, 9.17) is 9.26 Å². The highest BCUT2D eigenvalue weighted by Gasteiger charge is 2.15. The minimum Gasteiger partial charge on any atom is -0.452 e. The van der Waals surface area contributed by atoms with E-state index in [9.17, 15) is 9.59 Å². The summed E-state index contributed by atoms with van der Waals surface area (Å²) in [5.74, 6) is -0.248. The van der Waals surface area contributed by atoms with Gasteiger partial charge in [-0.1, -0.05) is 16.8 Å². The second-order valence-electron chi connectivity index (χ2n) is 5.76. The van der Waals surface area contributed by atoms with E-state index in [1.807, 2.05) is 25.1 Å². The predicted octanol–water partition coefficient (Wildman–Crippen LogP) is 2.94. The first-order valence-electron chi connectivity index (χ1n) is 7.70. The van der Waals surface area contributed by atoms with Crippen molar-refractivity contribution in [1.29, 1.82) is 0 Å².